The standard InChI is InChI=1S/C15H14N2O/c1-9-6-10(2)14-13(7-9)16-15(17-14)11-4-3-5-12(18)8-11/h3-8,18H,1-2H3,(H,16,17). The Morgan fingerprint density at radius 2 is 1.94 bits per heavy atom. The van der Waals surface area contributed by atoms with Gasteiger partial charge in [-0.05, 0) is 43.2 Å². The van der Waals surface area contributed by atoms with E-state index in [1.54, 1.807) is 12.1 Å². The number of nitrogens with zero attached hydrogens (tertiary/aromatic N) is 1. The third-order valence-corrected chi connectivity index (χ3v) is 3.04. The van der Waals surface area contributed by atoms with Crippen LogP contribution in [0, 0.1) is 13.8 Å². The van der Waals surface area contributed by atoms with Crippen molar-refractivity contribution in [2.24, 2.45) is 0 Å². The number of phenolic OH excluding ortho intramolecular Hbond substituents is 1. The molecule has 0 aliphatic rings. The number of H-pyrrole nitrogens is 1. The summed E-state index contributed by atoms with van der Waals surface area (Å²) in [6, 6.07) is 11.3. The van der Waals surface area contributed by atoms with Crippen molar-refractivity contribution in [2.75, 3.05) is 0 Å². The number of phenols is 1. The number of aromatic amines is 1. The van der Waals surface area contributed by atoms with Crippen molar-refractivity contribution in [1.29, 1.82) is 0 Å². The zero-order chi connectivity index (χ0) is 12.7. The summed E-state index contributed by atoms with van der Waals surface area (Å²) in [5.41, 5.74) is 5.28. The number of hydrogen-bond acceptors (Lipinski definition) is 2. The summed E-state index contributed by atoms with van der Waals surface area (Å²) in [5.74, 6) is 1.04. The summed E-state index contributed by atoms with van der Waals surface area (Å²) >= 11 is 0. The van der Waals surface area contributed by atoms with Gasteiger partial charge >= 0.3 is 0 Å². The Morgan fingerprint density at radius 3 is 2.72 bits per heavy atom. The lowest BCUT2D eigenvalue weighted by molar-refractivity contribution is 0.475. The number of fused-ring (bicyclic) bond motifs is 1. The van der Waals surface area contributed by atoms with Crippen LogP contribution in [0.15, 0.2) is 36.4 Å². The molecule has 0 amide bonds. The van der Waals surface area contributed by atoms with E-state index in [9.17, 15) is 5.11 Å². The van der Waals surface area contributed by atoms with Crippen LogP contribution in [0.3, 0.4) is 0 Å². The van der Waals surface area contributed by atoms with Crippen LogP contribution in [0.25, 0.3) is 22.4 Å². The van der Waals surface area contributed by atoms with Crippen LogP contribution in [-0.4, -0.2) is 15.1 Å². The third-order valence-electron chi connectivity index (χ3n) is 3.04. The molecule has 0 atom stereocenters. The monoisotopic (exact) mass is 238 g/mol. The summed E-state index contributed by atoms with van der Waals surface area (Å²) < 4.78 is 0. The molecule has 18 heavy (non-hydrogen) atoms. The first-order chi connectivity index (χ1) is 8.63. The summed E-state index contributed by atoms with van der Waals surface area (Å²) in [6.45, 7) is 4.13. The van der Waals surface area contributed by atoms with E-state index in [1.165, 1.54) is 5.56 Å². The van der Waals surface area contributed by atoms with E-state index in [-0.39, 0.29) is 5.75 Å². The molecule has 2 aromatic carbocycles. The van der Waals surface area contributed by atoms with E-state index in [2.05, 4.69) is 35.9 Å². The fraction of sp³-hybridized carbons (Fsp3) is 0.133. The van der Waals surface area contributed by atoms with E-state index in [0.717, 1.165) is 28.0 Å². The highest BCUT2D eigenvalue weighted by Crippen LogP contribution is 2.25. The van der Waals surface area contributed by atoms with E-state index in [0.29, 0.717) is 0 Å². The summed E-state index contributed by atoms with van der Waals surface area (Å²) in [5, 5.41) is 9.51. The highest BCUT2D eigenvalue weighted by atomic mass is 16.3. The fourth-order valence-electron chi connectivity index (χ4n) is 2.26. The number of hydrogen-bond donors (Lipinski definition) is 2. The Kier molecular flexibility index (Phi) is 2.33. The van der Waals surface area contributed by atoms with Crippen molar-refractivity contribution >= 4 is 11.0 Å². The zero-order valence-corrected chi connectivity index (χ0v) is 10.4. The van der Waals surface area contributed by atoms with Crippen LogP contribution in [0.1, 0.15) is 11.1 Å². The second kappa shape index (κ2) is 3.88. The number of aromatic hydroxyl groups is 1. The Hall–Kier alpha value is -2.29. The molecule has 1 heterocycles. The smallest absolute Gasteiger partial charge is 0.138 e. The molecular formula is C15H14N2O. The topological polar surface area (TPSA) is 48.9 Å². The van der Waals surface area contributed by atoms with Crippen molar-refractivity contribution in [1.82, 2.24) is 9.97 Å². The fourth-order valence-corrected chi connectivity index (χ4v) is 2.26. The van der Waals surface area contributed by atoms with Crippen molar-refractivity contribution < 1.29 is 5.11 Å². The van der Waals surface area contributed by atoms with Crippen LogP contribution in [0.5, 0.6) is 5.75 Å². The van der Waals surface area contributed by atoms with Gasteiger partial charge in [0, 0.05) is 5.56 Å². The summed E-state index contributed by atoms with van der Waals surface area (Å²) in [6.07, 6.45) is 0. The van der Waals surface area contributed by atoms with Crippen LogP contribution in [-0.2, 0) is 0 Å². The normalized spacial score (nSPS) is 11.0. The van der Waals surface area contributed by atoms with Crippen LogP contribution < -0.4 is 0 Å². The van der Waals surface area contributed by atoms with Gasteiger partial charge in [0.15, 0.2) is 0 Å². The van der Waals surface area contributed by atoms with E-state index < -0.39 is 0 Å². The van der Waals surface area contributed by atoms with Crippen LogP contribution >= 0.6 is 0 Å². The van der Waals surface area contributed by atoms with Gasteiger partial charge < -0.3 is 10.1 Å². The van der Waals surface area contributed by atoms with Gasteiger partial charge in [-0.15, -0.1) is 0 Å². The minimum Gasteiger partial charge on any atom is -0.508 e. The van der Waals surface area contributed by atoms with Crippen LogP contribution in [0.4, 0.5) is 0 Å². The lowest BCUT2D eigenvalue weighted by Crippen LogP contribution is -1.80. The molecule has 0 saturated carbocycles. The molecule has 3 aromatic rings. The molecule has 3 nitrogen and oxygen atoms in total. The molecule has 2 N–H and O–H groups in total. The quantitative estimate of drug-likeness (QED) is 0.681. The predicted octanol–water partition coefficient (Wildman–Crippen LogP) is 3.55. The molecule has 0 aliphatic heterocycles. The molecule has 0 spiro atoms. The molecule has 1 aromatic heterocycles. The maximum absolute atomic E-state index is 9.51. The van der Waals surface area contributed by atoms with E-state index >= 15 is 0 Å². The number of aryl methyl sites for hydroxylation is 2. The van der Waals surface area contributed by atoms with Gasteiger partial charge in [0.05, 0.1) is 11.0 Å². The minimum absolute atomic E-state index is 0.251. The molecule has 90 valence electrons. The first-order valence-corrected chi connectivity index (χ1v) is 5.90. The Balaban J connectivity index is 2.22. The van der Waals surface area contributed by atoms with Gasteiger partial charge in [0.25, 0.3) is 0 Å². The van der Waals surface area contributed by atoms with Gasteiger partial charge in [0.1, 0.15) is 11.6 Å². The maximum atomic E-state index is 9.51. The maximum Gasteiger partial charge on any atom is 0.138 e. The van der Waals surface area contributed by atoms with Gasteiger partial charge in [-0.25, -0.2) is 4.98 Å². The van der Waals surface area contributed by atoms with Gasteiger partial charge in [0.2, 0.25) is 0 Å². The lowest BCUT2D eigenvalue weighted by atomic mass is 10.1. The van der Waals surface area contributed by atoms with Crippen molar-refractivity contribution in [3.63, 3.8) is 0 Å². The number of benzene rings is 2. The second-order valence-corrected chi connectivity index (χ2v) is 4.61. The second-order valence-electron chi connectivity index (χ2n) is 4.61. The molecule has 0 saturated heterocycles. The molecule has 0 bridgehead atoms. The molecule has 0 unspecified atom stereocenters. The molecular weight excluding hydrogens is 224 g/mol. The largest absolute Gasteiger partial charge is 0.508 e. The molecule has 0 aliphatic carbocycles. The van der Waals surface area contributed by atoms with E-state index in [1.807, 2.05) is 12.1 Å². The number of rotatable bonds is 1. The highest BCUT2D eigenvalue weighted by molar-refractivity contribution is 5.83. The summed E-state index contributed by atoms with van der Waals surface area (Å²) in [4.78, 5) is 7.90. The average Bonchev–Trinajstić information content (AvgIpc) is 2.73. The number of imidazole rings is 1. The average molecular weight is 238 g/mol. The summed E-state index contributed by atoms with van der Waals surface area (Å²) in [7, 11) is 0. The molecule has 3 rings (SSSR count). The zero-order valence-electron chi connectivity index (χ0n) is 10.4. The first-order valence-electron chi connectivity index (χ1n) is 5.90. The van der Waals surface area contributed by atoms with Crippen molar-refractivity contribution in [3.8, 4) is 17.1 Å². The number of nitrogens with one attached hydrogen (secondary N) is 1. The minimum atomic E-state index is 0.251. The lowest BCUT2D eigenvalue weighted by Gasteiger charge is -1.96. The van der Waals surface area contributed by atoms with Gasteiger partial charge in [-0.3, -0.25) is 0 Å². The Labute approximate surface area is 105 Å². The van der Waals surface area contributed by atoms with Gasteiger partial charge in [-0.1, -0.05) is 18.2 Å². The predicted molar refractivity (Wildman–Crippen MR) is 72.7 cm³/mol. The highest BCUT2D eigenvalue weighted by Gasteiger charge is 2.08. The molecule has 3 heteroatoms. The third kappa shape index (κ3) is 1.74. The van der Waals surface area contributed by atoms with Crippen molar-refractivity contribution in [3.05, 3.63) is 47.5 Å². The van der Waals surface area contributed by atoms with E-state index in [4.69, 9.17) is 0 Å². The van der Waals surface area contributed by atoms with Crippen molar-refractivity contribution in [2.45, 2.75) is 13.8 Å². The molecule has 0 fully saturated rings. The first kappa shape index (κ1) is 10.8. The van der Waals surface area contributed by atoms with Gasteiger partial charge in [-0.2, -0.15) is 0 Å². The number of aromatic nitrogens is 2. The SMILES string of the molecule is Cc1cc(C)c2nc(-c3cccc(O)c3)[nH]c2c1. The molecule has 0 radical (unpaired) electrons. The van der Waals surface area contributed by atoms with Crippen LogP contribution in [0.2, 0.25) is 0 Å². The Bertz CT molecular complexity index is 728. The Morgan fingerprint density at radius 1 is 1.11 bits per heavy atom.